The van der Waals surface area contributed by atoms with Gasteiger partial charge in [0.2, 0.25) is 5.78 Å². The van der Waals surface area contributed by atoms with Crippen LogP contribution < -0.4 is 0 Å². The molecule has 0 radical (unpaired) electrons. The number of aryl methyl sites for hydroxylation is 2. The Labute approximate surface area is 172 Å². The monoisotopic (exact) mass is 416 g/mol. The highest BCUT2D eigenvalue weighted by molar-refractivity contribution is 6.34. The number of aromatic nitrogens is 2. The van der Waals surface area contributed by atoms with Gasteiger partial charge < -0.3 is 9.30 Å². The molecular weight excluding hydrogens is 399 g/mol. The van der Waals surface area contributed by atoms with Gasteiger partial charge in [-0.3, -0.25) is 4.79 Å². The highest BCUT2D eigenvalue weighted by Gasteiger charge is 2.20. The molecule has 0 bridgehead atoms. The second-order valence-electron chi connectivity index (χ2n) is 6.42. The van der Waals surface area contributed by atoms with Crippen LogP contribution in [0.3, 0.4) is 0 Å². The molecule has 7 heteroatoms. The Kier molecular flexibility index (Phi) is 5.87. The lowest BCUT2D eigenvalue weighted by Crippen LogP contribution is -2.16. The SMILES string of the molecule is Cc1ccc(-n2c(C)cc(C(=O)COC(=O)c3nc(Cl)ccc3Cl)c2C)cc1. The summed E-state index contributed by atoms with van der Waals surface area (Å²) in [4.78, 5) is 28.7. The molecule has 2 heterocycles. The van der Waals surface area contributed by atoms with Crippen molar-refractivity contribution in [1.29, 1.82) is 0 Å². The van der Waals surface area contributed by atoms with Crippen LogP contribution in [-0.4, -0.2) is 27.9 Å². The molecule has 5 nitrogen and oxygen atoms in total. The Morgan fingerprint density at radius 3 is 2.39 bits per heavy atom. The summed E-state index contributed by atoms with van der Waals surface area (Å²) in [5.41, 5.74) is 4.19. The van der Waals surface area contributed by atoms with E-state index in [1.165, 1.54) is 12.1 Å². The van der Waals surface area contributed by atoms with Gasteiger partial charge in [0.15, 0.2) is 12.3 Å². The number of ketones is 1. The molecule has 0 aliphatic carbocycles. The fourth-order valence-electron chi connectivity index (χ4n) is 2.97. The van der Waals surface area contributed by atoms with E-state index >= 15 is 0 Å². The number of carbonyl (C=O) groups excluding carboxylic acids is 2. The molecule has 0 saturated carbocycles. The zero-order valence-corrected chi connectivity index (χ0v) is 17.1. The van der Waals surface area contributed by atoms with Crippen LogP contribution in [0, 0.1) is 20.8 Å². The minimum atomic E-state index is -0.798. The molecule has 3 aromatic rings. The molecule has 0 aliphatic heterocycles. The molecule has 3 rings (SSSR count). The number of hydrogen-bond donors (Lipinski definition) is 0. The van der Waals surface area contributed by atoms with Crippen LogP contribution in [0.4, 0.5) is 0 Å². The lowest BCUT2D eigenvalue weighted by atomic mass is 10.1. The number of ether oxygens (including phenoxy) is 1. The molecule has 2 aromatic heterocycles. The predicted molar refractivity (Wildman–Crippen MR) is 109 cm³/mol. The minimum Gasteiger partial charge on any atom is -0.453 e. The number of rotatable bonds is 5. The number of esters is 1. The van der Waals surface area contributed by atoms with Gasteiger partial charge in [-0.15, -0.1) is 0 Å². The third-order valence-corrected chi connectivity index (χ3v) is 4.88. The number of benzene rings is 1. The summed E-state index contributed by atoms with van der Waals surface area (Å²) in [6.45, 7) is 5.38. The van der Waals surface area contributed by atoms with E-state index in [0.29, 0.717) is 5.56 Å². The molecule has 0 amide bonds. The van der Waals surface area contributed by atoms with Crippen LogP contribution in [0.15, 0.2) is 42.5 Å². The molecular formula is C21H18Cl2N2O3. The quantitative estimate of drug-likeness (QED) is 0.328. The first-order valence-electron chi connectivity index (χ1n) is 8.56. The van der Waals surface area contributed by atoms with Crippen molar-refractivity contribution in [3.63, 3.8) is 0 Å². The third-order valence-electron chi connectivity index (χ3n) is 4.36. The number of nitrogens with zero attached hydrogens (tertiary/aromatic N) is 2. The summed E-state index contributed by atoms with van der Waals surface area (Å²) < 4.78 is 7.09. The van der Waals surface area contributed by atoms with Gasteiger partial charge in [0.1, 0.15) is 5.15 Å². The first-order valence-corrected chi connectivity index (χ1v) is 9.32. The van der Waals surface area contributed by atoms with Crippen molar-refractivity contribution in [2.24, 2.45) is 0 Å². The van der Waals surface area contributed by atoms with Gasteiger partial charge in [0, 0.05) is 22.6 Å². The van der Waals surface area contributed by atoms with Crippen LogP contribution in [0.2, 0.25) is 10.2 Å². The number of pyridine rings is 1. The molecule has 0 fully saturated rings. The lowest BCUT2D eigenvalue weighted by molar-refractivity contribution is 0.0469. The van der Waals surface area contributed by atoms with Crippen molar-refractivity contribution >= 4 is 35.0 Å². The molecule has 0 atom stereocenters. The van der Waals surface area contributed by atoms with Gasteiger partial charge in [0.25, 0.3) is 0 Å². The van der Waals surface area contributed by atoms with Crippen LogP contribution in [-0.2, 0) is 4.74 Å². The van der Waals surface area contributed by atoms with Gasteiger partial charge in [-0.25, -0.2) is 9.78 Å². The third kappa shape index (κ3) is 4.11. The van der Waals surface area contributed by atoms with Crippen LogP contribution in [0.25, 0.3) is 5.69 Å². The maximum Gasteiger partial charge on any atom is 0.359 e. The van der Waals surface area contributed by atoms with E-state index in [2.05, 4.69) is 4.98 Å². The highest BCUT2D eigenvalue weighted by Crippen LogP contribution is 2.22. The Balaban J connectivity index is 1.78. The van der Waals surface area contributed by atoms with E-state index in [4.69, 9.17) is 27.9 Å². The Morgan fingerprint density at radius 1 is 1.04 bits per heavy atom. The Hall–Kier alpha value is -2.63. The number of hydrogen-bond acceptors (Lipinski definition) is 4. The standard InChI is InChI=1S/C21H18Cl2N2O3/c1-12-4-6-15(7-5-12)25-13(2)10-16(14(25)3)18(26)11-28-21(27)20-17(22)8-9-19(23)24-20/h4-10H,11H2,1-3H3. The fourth-order valence-corrected chi connectivity index (χ4v) is 3.30. The van der Waals surface area contributed by atoms with Gasteiger partial charge in [0.05, 0.1) is 5.02 Å². The van der Waals surface area contributed by atoms with Crippen LogP contribution in [0.5, 0.6) is 0 Å². The second kappa shape index (κ2) is 8.17. The molecule has 144 valence electrons. The zero-order chi connectivity index (χ0) is 20.4. The molecule has 0 N–H and O–H groups in total. The van der Waals surface area contributed by atoms with Crippen molar-refractivity contribution < 1.29 is 14.3 Å². The minimum absolute atomic E-state index is 0.111. The van der Waals surface area contributed by atoms with E-state index < -0.39 is 12.6 Å². The number of halogens is 2. The normalized spacial score (nSPS) is 10.8. The molecule has 0 aliphatic rings. The molecule has 0 unspecified atom stereocenters. The molecule has 0 spiro atoms. The Morgan fingerprint density at radius 2 is 1.71 bits per heavy atom. The van der Waals surface area contributed by atoms with E-state index in [0.717, 1.165) is 22.6 Å². The molecule has 0 saturated heterocycles. The fraction of sp³-hybridized carbons (Fsp3) is 0.190. The average molecular weight is 417 g/mol. The van der Waals surface area contributed by atoms with Gasteiger partial charge in [-0.2, -0.15) is 0 Å². The topological polar surface area (TPSA) is 61.2 Å². The van der Waals surface area contributed by atoms with Crippen molar-refractivity contribution in [1.82, 2.24) is 9.55 Å². The molecule has 28 heavy (non-hydrogen) atoms. The van der Waals surface area contributed by atoms with Gasteiger partial charge in [-0.1, -0.05) is 40.9 Å². The predicted octanol–water partition coefficient (Wildman–Crippen LogP) is 5.14. The van der Waals surface area contributed by atoms with E-state index in [9.17, 15) is 9.59 Å². The van der Waals surface area contributed by atoms with E-state index in [1.807, 2.05) is 49.6 Å². The maximum atomic E-state index is 12.6. The Bertz CT molecular complexity index is 1060. The largest absolute Gasteiger partial charge is 0.453 e. The van der Waals surface area contributed by atoms with Crippen molar-refractivity contribution in [2.75, 3.05) is 6.61 Å². The zero-order valence-electron chi connectivity index (χ0n) is 15.6. The number of Topliss-reactive ketones (excluding diaryl/α,β-unsaturated/α-hetero) is 1. The summed E-state index contributed by atoms with van der Waals surface area (Å²) >= 11 is 11.7. The summed E-state index contributed by atoms with van der Waals surface area (Å²) in [5, 5.41) is 0.226. The highest BCUT2D eigenvalue weighted by atomic mass is 35.5. The van der Waals surface area contributed by atoms with Crippen molar-refractivity contribution in [2.45, 2.75) is 20.8 Å². The lowest BCUT2D eigenvalue weighted by Gasteiger charge is -2.10. The van der Waals surface area contributed by atoms with Gasteiger partial charge >= 0.3 is 5.97 Å². The van der Waals surface area contributed by atoms with Crippen LogP contribution in [0.1, 0.15) is 37.8 Å². The van der Waals surface area contributed by atoms with Gasteiger partial charge in [-0.05, 0) is 51.1 Å². The summed E-state index contributed by atoms with van der Waals surface area (Å²) in [6.07, 6.45) is 0. The van der Waals surface area contributed by atoms with Crippen molar-refractivity contribution in [3.8, 4) is 5.69 Å². The van der Waals surface area contributed by atoms with E-state index in [-0.39, 0.29) is 21.7 Å². The second-order valence-corrected chi connectivity index (χ2v) is 7.21. The molecule has 1 aromatic carbocycles. The van der Waals surface area contributed by atoms with Crippen molar-refractivity contribution in [3.05, 3.63) is 80.8 Å². The first-order chi connectivity index (χ1) is 13.3. The maximum absolute atomic E-state index is 12.6. The average Bonchev–Trinajstić information content (AvgIpc) is 2.96. The summed E-state index contributed by atoms with van der Waals surface area (Å²) in [5.74, 6) is -1.11. The van der Waals surface area contributed by atoms with Crippen LogP contribution >= 0.6 is 23.2 Å². The summed E-state index contributed by atoms with van der Waals surface area (Å²) in [6, 6.07) is 12.7. The summed E-state index contributed by atoms with van der Waals surface area (Å²) in [7, 11) is 0. The number of carbonyl (C=O) groups is 2. The first kappa shape index (κ1) is 20.1. The smallest absolute Gasteiger partial charge is 0.359 e. The van der Waals surface area contributed by atoms with E-state index in [1.54, 1.807) is 6.07 Å².